The van der Waals surface area contributed by atoms with E-state index in [-0.39, 0.29) is 11.7 Å². The van der Waals surface area contributed by atoms with Crippen LogP contribution < -0.4 is 9.47 Å². The molecule has 4 nitrogen and oxygen atoms in total. The van der Waals surface area contributed by atoms with Crippen molar-refractivity contribution in [3.63, 3.8) is 0 Å². The van der Waals surface area contributed by atoms with E-state index in [1.807, 2.05) is 19.1 Å². The van der Waals surface area contributed by atoms with Gasteiger partial charge in [0.2, 0.25) is 9.05 Å². The van der Waals surface area contributed by atoms with Crippen LogP contribution >= 0.6 is 10.7 Å². The molecular formula is C12H17ClO4S. The highest BCUT2D eigenvalue weighted by atomic mass is 35.7. The smallest absolute Gasteiger partial charge is 0.232 e. The molecule has 1 rings (SSSR count). The summed E-state index contributed by atoms with van der Waals surface area (Å²) in [5.74, 6) is 1.21. The Balaban J connectivity index is 2.43. The molecule has 0 fully saturated rings. The molecule has 102 valence electrons. The Morgan fingerprint density at radius 2 is 1.67 bits per heavy atom. The Kier molecular flexibility index (Phi) is 5.75. The summed E-state index contributed by atoms with van der Waals surface area (Å²) in [6.07, 6.45) is 0. The van der Waals surface area contributed by atoms with E-state index < -0.39 is 9.05 Å². The number of rotatable bonds is 7. The highest BCUT2D eigenvalue weighted by Gasteiger charge is 2.13. The second-order valence-electron chi connectivity index (χ2n) is 4.03. The molecule has 0 amide bonds. The lowest BCUT2D eigenvalue weighted by Gasteiger charge is -2.12. The fourth-order valence-corrected chi connectivity index (χ4v) is 2.85. The van der Waals surface area contributed by atoms with Gasteiger partial charge in [0, 0.05) is 16.6 Å². The summed E-state index contributed by atoms with van der Waals surface area (Å²) in [6.45, 7) is 4.61. The minimum atomic E-state index is -3.47. The second kappa shape index (κ2) is 6.85. The van der Waals surface area contributed by atoms with Crippen molar-refractivity contribution >= 4 is 19.7 Å². The van der Waals surface area contributed by atoms with Gasteiger partial charge in [0.15, 0.2) is 0 Å². The lowest BCUT2D eigenvalue weighted by molar-refractivity contribution is 0.271. The summed E-state index contributed by atoms with van der Waals surface area (Å²) >= 11 is 0. The first kappa shape index (κ1) is 15.1. The molecule has 0 heterocycles. The van der Waals surface area contributed by atoms with Crippen molar-refractivity contribution in [2.45, 2.75) is 13.8 Å². The van der Waals surface area contributed by atoms with E-state index in [0.717, 1.165) is 5.75 Å². The van der Waals surface area contributed by atoms with Crippen LogP contribution in [-0.4, -0.2) is 27.4 Å². The molecule has 0 bridgehead atoms. The van der Waals surface area contributed by atoms with Gasteiger partial charge in [-0.25, -0.2) is 8.42 Å². The Hall–Kier alpha value is -0.940. The number of benzene rings is 1. The molecule has 0 saturated carbocycles. The van der Waals surface area contributed by atoms with Crippen molar-refractivity contribution in [1.29, 1.82) is 0 Å². The van der Waals surface area contributed by atoms with E-state index >= 15 is 0 Å². The zero-order valence-electron chi connectivity index (χ0n) is 10.4. The first-order valence-electron chi connectivity index (χ1n) is 5.68. The van der Waals surface area contributed by atoms with Gasteiger partial charge in [-0.15, -0.1) is 0 Å². The average Bonchev–Trinajstić information content (AvgIpc) is 2.26. The molecule has 0 N–H and O–H groups in total. The van der Waals surface area contributed by atoms with Gasteiger partial charge in [0.25, 0.3) is 0 Å². The van der Waals surface area contributed by atoms with Crippen LogP contribution in [0.25, 0.3) is 0 Å². The average molecular weight is 293 g/mol. The Bertz CT molecular complexity index is 455. The molecule has 1 unspecified atom stereocenters. The largest absolute Gasteiger partial charge is 0.494 e. The minimum absolute atomic E-state index is 0.0917. The Morgan fingerprint density at radius 1 is 1.17 bits per heavy atom. The van der Waals surface area contributed by atoms with E-state index in [4.69, 9.17) is 20.2 Å². The summed E-state index contributed by atoms with van der Waals surface area (Å²) in [4.78, 5) is 0. The monoisotopic (exact) mass is 292 g/mol. The first-order chi connectivity index (χ1) is 8.40. The summed E-state index contributed by atoms with van der Waals surface area (Å²) < 4.78 is 32.5. The second-order valence-corrected chi connectivity index (χ2v) is 6.85. The fourth-order valence-electron chi connectivity index (χ4n) is 1.43. The maximum absolute atomic E-state index is 10.9. The number of ether oxygens (including phenoxy) is 2. The number of hydrogen-bond donors (Lipinski definition) is 0. The van der Waals surface area contributed by atoms with Gasteiger partial charge >= 0.3 is 0 Å². The van der Waals surface area contributed by atoms with Crippen LogP contribution in [0, 0.1) is 5.92 Å². The molecule has 0 aliphatic rings. The van der Waals surface area contributed by atoms with Gasteiger partial charge in [-0.3, -0.25) is 0 Å². The van der Waals surface area contributed by atoms with Crippen LogP contribution in [0.15, 0.2) is 24.3 Å². The van der Waals surface area contributed by atoms with Gasteiger partial charge in [-0.2, -0.15) is 0 Å². The molecule has 18 heavy (non-hydrogen) atoms. The molecule has 0 radical (unpaired) electrons. The third-order valence-corrected chi connectivity index (χ3v) is 3.50. The zero-order chi connectivity index (χ0) is 13.6. The Morgan fingerprint density at radius 3 is 2.11 bits per heavy atom. The molecule has 1 atom stereocenters. The van der Waals surface area contributed by atoms with Crippen LogP contribution in [0.5, 0.6) is 11.5 Å². The van der Waals surface area contributed by atoms with Gasteiger partial charge in [0.05, 0.1) is 19.0 Å². The maximum Gasteiger partial charge on any atom is 0.232 e. The summed E-state index contributed by atoms with van der Waals surface area (Å²) in [5.41, 5.74) is 0. The van der Waals surface area contributed by atoms with E-state index in [1.54, 1.807) is 19.1 Å². The third kappa shape index (κ3) is 6.12. The fraction of sp³-hybridized carbons (Fsp3) is 0.500. The number of hydrogen-bond acceptors (Lipinski definition) is 4. The van der Waals surface area contributed by atoms with Gasteiger partial charge in [0.1, 0.15) is 11.5 Å². The van der Waals surface area contributed by atoms with Crippen LogP contribution in [0.2, 0.25) is 0 Å². The summed E-state index contributed by atoms with van der Waals surface area (Å²) in [5, 5.41) is 0. The van der Waals surface area contributed by atoms with Crippen LogP contribution in [0.4, 0.5) is 0 Å². The molecule has 0 saturated heterocycles. The van der Waals surface area contributed by atoms with Crippen molar-refractivity contribution in [3.8, 4) is 11.5 Å². The zero-order valence-corrected chi connectivity index (χ0v) is 12.0. The lowest BCUT2D eigenvalue weighted by atomic mass is 10.2. The van der Waals surface area contributed by atoms with E-state index in [0.29, 0.717) is 19.0 Å². The van der Waals surface area contributed by atoms with Gasteiger partial charge < -0.3 is 9.47 Å². The molecule has 0 spiro atoms. The highest BCUT2D eigenvalue weighted by Crippen LogP contribution is 2.18. The van der Waals surface area contributed by atoms with E-state index in [2.05, 4.69) is 0 Å². The van der Waals surface area contributed by atoms with Gasteiger partial charge in [-0.05, 0) is 31.2 Å². The molecule has 0 aromatic heterocycles. The van der Waals surface area contributed by atoms with E-state index in [1.165, 1.54) is 0 Å². The van der Waals surface area contributed by atoms with Crippen LogP contribution in [-0.2, 0) is 9.05 Å². The maximum atomic E-state index is 10.9. The van der Waals surface area contributed by atoms with Crippen LogP contribution in [0.1, 0.15) is 13.8 Å². The van der Waals surface area contributed by atoms with Crippen molar-refractivity contribution in [2.24, 2.45) is 5.92 Å². The van der Waals surface area contributed by atoms with Crippen molar-refractivity contribution in [1.82, 2.24) is 0 Å². The quantitative estimate of drug-likeness (QED) is 0.725. The highest BCUT2D eigenvalue weighted by molar-refractivity contribution is 8.13. The third-order valence-electron chi connectivity index (χ3n) is 2.15. The minimum Gasteiger partial charge on any atom is -0.494 e. The predicted octanol–water partition coefficient (Wildman–Crippen LogP) is 2.67. The standard InChI is InChI=1S/C12H17ClO4S/c1-3-16-11-4-6-12(7-5-11)17-8-10(2)9-18(13,14)15/h4-7,10H,3,8-9H2,1-2H3. The summed E-state index contributed by atoms with van der Waals surface area (Å²) in [7, 11) is 1.70. The molecule has 6 heteroatoms. The molecular weight excluding hydrogens is 276 g/mol. The normalized spacial score (nSPS) is 13.1. The van der Waals surface area contributed by atoms with Crippen molar-refractivity contribution in [2.75, 3.05) is 19.0 Å². The number of halogens is 1. The summed E-state index contributed by atoms with van der Waals surface area (Å²) in [6, 6.07) is 7.18. The molecule has 0 aliphatic carbocycles. The molecule has 0 aliphatic heterocycles. The topological polar surface area (TPSA) is 52.6 Å². The molecule has 1 aromatic carbocycles. The van der Waals surface area contributed by atoms with Crippen molar-refractivity contribution in [3.05, 3.63) is 24.3 Å². The van der Waals surface area contributed by atoms with E-state index in [9.17, 15) is 8.42 Å². The van der Waals surface area contributed by atoms with Gasteiger partial charge in [-0.1, -0.05) is 6.92 Å². The first-order valence-corrected chi connectivity index (χ1v) is 8.16. The Labute approximate surface area is 112 Å². The lowest BCUT2D eigenvalue weighted by Crippen LogP contribution is -2.16. The predicted molar refractivity (Wildman–Crippen MR) is 71.9 cm³/mol. The van der Waals surface area contributed by atoms with Crippen molar-refractivity contribution < 1.29 is 17.9 Å². The molecule has 1 aromatic rings. The van der Waals surface area contributed by atoms with Crippen LogP contribution in [0.3, 0.4) is 0 Å². The SMILES string of the molecule is CCOc1ccc(OCC(C)CS(=O)(=O)Cl)cc1.